The fourth-order valence-electron chi connectivity index (χ4n) is 16.3. The molecular formula is C87H78Cl2N6O14. The monoisotopic (exact) mass is 1500 g/mol. The molecule has 6 atom stereocenters. The summed E-state index contributed by atoms with van der Waals surface area (Å²) in [6.45, 7) is 5.36. The van der Waals surface area contributed by atoms with Crippen LogP contribution >= 0.6 is 23.2 Å². The van der Waals surface area contributed by atoms with Gasteiger partial charge in [0, 0.05) is 102 Å². The lowest BCUT2D eigenvalue weighted by Crippen LogP contribution is -2.55. The van der Waals surface area contributed by atoms with Gasteiger partial charge in [-0.25, -0.2) is 9.69 Å². The van der Waals surface area contributed by atoms with Gasteiger partial charge in [0.1, 0.15) is 31.3 Å². The number of aromatic hydroxyl groups is 2. The van der Waals surface area contributed by atoms with Gasteiger partial charge in [0.15, 0.2) is 35.5 Å². The molecule has 0 aliphatic carbocycles. The quantitative estimate of drug-likeness (QED) is 0.0603. The molecule has 7 aliphatic rings. The number of methoxy groups -OCH3 is 2. The Hall–Kier alpha value is -11.4. The molecule has 10 aromatic carbocycles. The lowest BCUT2D eigenvalue weighted by Gasteiger charge is -2.38. The van der Waals surface area contributed by atoms with Crippen molar-refractivity contribution >= 4 is 115 Å². The summed E-state index contributed by atoms with van der Waals surface area (Å²) in [7, 11) is 3.04. The molecule has 0 bridgehead atoms. The molecule has 2 N–H and O–H groups in total. The molecule has 109 heavy (non-hydrogen) atoms. The summed E-state index contributed by atoms with van der Waals surface area (Å²) < 4.78 is 42.6. The van der Waals surface area contributed by atoms with Crippen LogP contribution in [-0.2, 0) is 62.7 Å². The summed E-state index contributed by atoms with van der Waals surface area (Å²) in [4.78, 5) is 83.4. The number of aliphatic imine (C=N–C) groups is 1. The minimum atomic E-state index is -0.988. The first-order valence-corrected chi connectivity index (χ1v) is 37.6. The summed E-state index contributed by atoms with van der Waals surface area (Å²) in [5.41, 5.74) is 11.8. The lowest BCUT2D eigenvalue weighted by molar-refractivity contribution is -0.190. The molecule has 1 fully saturated rings. The first-order valence-electron chi connectivity index (χ1n) is 36.5. The van der Waals surface area contributed by atoms with Crippen LogP contribution in [0.25, 0.3) is 21.5 Å². The van der Waals surface area contributed by atoms with E-state index in [4.69, 9.17) is 61.4 Å². The highest BCUT2D eigenvalue weighted by Gasteiger charge is 2.50. The number of nitrogens with zero attached hydrogens (tertiary/aromatic N) is 6. The number of hydrogen-bond acceptors (Lipinski definition) is 15. The van der Waals surface area contributed by atoms with Crippen LogP contribution in [0.4, 0.5) is 38.9 Å². The van der Waals surface area contributed by atoms with E-state index in [1.165, 1.54) is 18.1 Å². The zero-order valence-corrected chi connectivity index (χ0v) is 61.5. The normalized spacial score (nSPS) is 19.1. The molecule has 17 rings (SSSR count). The summed E-state index contributed by atoms with van der Waals surface area (Å²) in [5, 5.41) is 24.9. The van der Waals surface area contributed by atoms with Gasteiger partial charge in [-0.05, 0) is 105 Å². The maximum Gasteiger partial charge on any atom is 0.416 e. The Morgan fingerprint density at radius 2 is 1.09 bits per heavy atom. The number of phenols is 2. The van der Waals surface area contributed by atoms with Gasteiger partial charge in [-0.15, -0.1) is 23.2 Å². The third-order valence-corrected chi connectivity index (χ3v) is 22.2. The molecule has 10 aromatic rings. The molecule has 2 unspecified atom stereocenters. The van der Waals surface area contributed by atoms with Crippen molar-refractivity contribution in [2.75, 3.05) is 76.8 Å². The second-order valence-electron chi connectivity index (χ2n) is 28.1. The molecular weight excluding hydrogens is 1420 g/mol. The van der Waals surface area contributed by atoms with Crippen LogP contribution in [0.5, 0.6) is 34.5 Å². The SMILES string of the molecule is C=CCOC(=O)N1c2cc(OCc3cccc(CC(=O)N4C[C@@H](CCl)c5c4cc(O)c4ccccc54)c3)c(OC)cc2C(=O)N2c3ccccc3C[C@H]2C1OC1CCCCO1.COc1cc2c(cc1OCc1cccc(CC(=O)N3C[C@@H](CCl)c4c3cc(O)c3ccccc43)c1)N=C[C@@H]1Cc3ccccc3N1C2=O. The van der Waals surface area contributed by atoms with Gasteiger partial charge in [0.2, 0.25) is 11.8 Å². The number of fused-ring (bicyclic) bond motifs is 14. The molecule has 0 saturated carbocycles. The van der Waals surface area contributed by atoms with E-state index in [0.29, 0.717) is 78.4 Å². The Morgan fingerprint density at radius 3 is 1.65 bits per heavy atom. The van der Waals surface area contributed by atoms with Crippen molar-refractivity contribution in [2.24, 2.45) is 4.99 Å². The van der Waals surface area contributed by atoms with Crippen molar-refractivity contribution in [3.8, 4) is 34.5 Å². The zero-order valence-electron chi connectivity index (χ0n) is 60.0. The van der Waals surface area contributed by atoms with Crippen molar-refractivity contribution in [2.45, 2.75) is 94.6 Å². The highest BCUT2D eigenvalue weighted by Crippen LogP contribution is 2.50. The van der Waals surface area contributed by atoms with Gasteiger partial charge in [-0.1, -0.05) is 146 Å². The minimum Gasteiger partial charge on any atom is -0.507 e. The van der Waals surface area contributed by atoms with E-state index in [-0.39, 0.29) is 108 Å². The Kier molecular flexibility index (Phi) is 20.2. The zero-order chi connectivity index (χ0) is 75.1. The summed E-state index contributed by atoms with van der Waals surface area (Å²) in [6.07, 6.45) is 4.88. The molecule has 0 radical (unpaired) electrons. The van der Waals surface area contributed by atoms with E-state index in [9.17, 15) is 34.2 Å². The van der Waals surface area contributed by atoms with E-state index in [1.807, 2.05) is 152 Å². The van der Waals surface area contributed by atoms with Crippen LogP contribution < -0.4 is 43.4 Å². The number of rotatable bonds is 18. The van der Waals surface area contributed by atoms with Gasteiger partial charge in [0.25, 0.3) is 11.8 Å². The first-order chi connectivity index (χ1) is 53.2. The highest BCUT2D eigenvalue weighted by atomic mass is 35.5. The maximum absolute atomic E-state index is 14.8. The Morgan fingerprint density at radius 1 is 0.569 bits per heavy atom. The van der Waals surface area contributed by atoms with Gasteiger partial charge < -0.3 is 58.1 Å². The molecule has 554 valence electrons. The van der Waals surface area contributed by atoms with Crippen LogP contribution in [0.3, 0.4) is 0 Å². The number of carbonyl (C=O) groups is 5. The smallest absolute Gasteiger partial charge is 0.416 e. The average molecular weight is 1500 g/mol. The van der Waals surface area contributed by atoms with Crippen LogP contribution in [-0.4, -0.2) is 123 Å². The Bertz CT molecular complexity index is 5320. The molecule has 7 aliphatic heterocycles. The van der Waals surface area contributed by atoms with E-state index in [2.05, 4.69) is 6.58 Å². The first kappa shape index (κ1) is 71.8. The van der Waals surface area contributed by atoms with E-state index in [1.54, 1.807) is 63.1 Å². The summed E-state index contributed by atoms with van der Waals surface area (Å²) in [6, 6.07) is 55.4. The highest BCUT2D eigenvalue weighted by molar-refractivity contribution is 6.20. The molecule has 1 saturated heterocycles. The van der Waals surface area contributed by atoms with Crippen molar-refractivity contribution < 1.29 is 67.3 Å². The molecule has 22 heteroatoms. The van der Waals surface area contributed by atoms with Crippen LogP contribution in [0.2, 0.25) is 0 Å². The second-order valence-corrected chi connectivity index (χ2v) is 28.7. The standard InChI is InChI=1S/C48H46ClN3O9.C39H32ClN3O5/c1-3-18-59-48(56)52-37-25-42(41(57-2)23-35(37)46(55)51-36-16-7-4-13-31(36)22-39(51)47(52)61-44-17-8-9-19-58-44)60-28-30-12-10-11-29(20-30)21-43(54)50-27-32(26-49)45-34-15-6-5-14-33(34)40(53)24-38(45)50;1-47-35-16-30-31(41-20-27-15-25-9-2-5-12-32(25)43(27)39(30)46)17-36(35)48-22-24-8-6-7-23(13-24)14-37(45)42-21-26(19-40)38-29-11-4-3-10-28(29)34(44)18-33(38)42/h3-7,10-16,20,23-25,32,39,44,47,53H,1,8-9,17-19,21-22,26-28H2,2H3;2-13,16-18,20,26-27,44H,14-15,19,21-22H2,1H3/t32-,39+,44?,47?;26-,27+/m11/s1. The summed E-state index contributed by atoms with van der Waals surface area (Å²) >= 11 is 12.8. The van der Waals surface area contributed by atoms with Gasteiger partial charge in [-0.2, -0.15) is 0 Å². The molecule has 5 amide bonds. The Balaban J connectivity index is 0.000000171. The number of para-hydroxylation sites is 2. The maximum atomic E-state index is 14.8. The van der Waals surface area contributed by atoms with Gasteiger partial charge in [0.05, 0.1) is 73.0 Å². The molecule has 0 aromatic heterocycles. The second kappa shape index (κ2) is 30.7. The number of alkyl halides is 2. The number of anilines is 5. The van der Waals surface area contributed by atoms with E-state index >= 15 is 0 Å². The minimum absolute atomic E-state index is 0.0287. The summed E-state index contributed by atoms with van der Waals surface area (Å²) in [5.74, 6) is 1.68. The number of amides is 5. The number of halogens is 2. The third-order valence-electron chi connectivity index (χ3n) is 21.4. The van der Waals surface area contributed by atoms with Crippen molar-refractivity contribution in [1.29, 1.82) is 0 Å². The predicted molar refractivity (Wildman–Crippen MR) is 420 cm³/mol. The lowest BCUT2D eigenvalue weighted by atomic mass is 9.95. The number of hydrogen-bond donors (Lipinski definition) is 2. The van der Waals surface area contributed by atoms with E-state index in [0.717, 1.165) is 96.7 Å². The van der Waals surface area contributed by atoms with Crippen molar-refractivity contribution in [3.05, 3.63) is 250 Å². The molecule has 0 spiro atoms. The van der Waals surface area contributed by atoms with Crippen molar-refractivity contribution in [3.63, 3.8) is 0 Å². The fraction of sp³-hybridized carbons (Fsp3) is 0.264. The van der Waals surface area contributed by atoms with Crippen LogP contribution in [0.1, 0.15) is 96.3 Å². The largest absolute Gasteiger partial charge is 0.507 e. The molecule has 7 heterocycles. The van der Waals surface area contributed by atoms with Crippen LogP contribution in [0.15, 0.2) is 200 Å². The predicted octanol–water partition coefficient (Wildman–Crippen LogP) is 16.0. The van der Waals surface area contributed by atoms with Crippen molar-refractivity contribution in [1.82, 2.24) is 0 Å². The van der Waals surface area contributed by atoms with E-state index < -0.39 is 24.7 Å². The topological polar surface area (TPSA) is 219 Å². The number of carbonyl (C=O) groups excluding carboxylic acids is 5. The number of ether oxygens (including phenoxy) is 7. The average Bonchev–Trinajstić information content (AvgIpc) is 1.59. The van der Waals surface area contributed by atoms with Gasteiger partial charge in [-0.3, -0.25) is 29.1 Å². The third kappa shape index (κ3) is 13.7. The number of benzene rings is 10. The van der Waals surface area contributed by atoms with Crippen LogP contribution in [0, 0.1) is 0 Å². The number of phenolic OH excluding ortho intramolecular Hbond substituents is 2. The molecule has 20 nitrogen and oxygen atoms in total. The Labute approximate surface area is 639 Å². The van der Waals surface area contributed by atoms with Gasteiger partial charge >= 0.3 is 6.09 Å². The fourth-order valence-corrected chi connectivity index (χ4v) is 16.9.